The summed E-state index contributed by atoms with van der Waals surface area (Å²) >= 11 is 0. The Hall–Kier alpha value is -4.45. The van der Waals surface area contributed by atoms with Gasteiger partial charge in [0.15, 0.2) is 0 Å². The molecule has 2 aliphatic rings. The third-order valence-electron chi connectivity index (χ3n) is 9.36. The van der Waals surface area contributed by atoms with Gasteiger partial charge >= 0.3 is 6.03 Å². The number of likely N-dealkylation sites (N-methyl/N-ethyl adjacent to an activating group) is 1. The Labute approximate surface area is 275 Å². The van der Waals surface area contributed by atoms with Crippen LogP contribution in [-0.4, -0.2) is 102 Å². The summed E-state index contributed by atoms with van der Waals surface area (Å²) < 4.78 is 14.1. The zero-order valence-corrected chi connectivity index (χ0v) is 27.6. The summed E-state index contributed by atoms with van der Waals surface area (Å²) in [5.74, 6) is 0.479. The van der Waals surface area contributed by atoms with E-state index < -0.39 is 12.1 Å². The molecule has 2 aromatic carbocycles. The van der Waals surface area contributed by atoms with Crippen LogP contribution >= 0.6 is 0 Å². The zero-order chi connectivity index (χ0) is 33.1. The first-order chi connectivity index (χ1) is 22.8. The first-order valence-electron chi connectivity index (χ1n) is 16.3. The Balaban J connectivity index is 1.29. The third-order valence-corrected chi connectivity index (χ3v) is 9.36. The Morgan fingerprint density at radius 2 is 1.87 bits per heavy atom. The highest BCUT2D eigenvalue weighted by molar-refractivity contribution is 6.10. The predicted molar refractivity (Wildman–Crippen MR) is 183 cm³/mol. The van der Waals surface area contributed by atoms with E-state index >= 15 is 0 Å². The largest absolute Gasteiger partial charge is 0.394 e. The number of fused-ring (bicyclic) bond motifs is 5. The molecule has 0 aliphatic carbocycles. The van der Waals surface area contributed by atoms with E-state index in [1.54, 1.807) is 29.1 Å². The molecule has 0 bridgehead atoms. The number of hydrogen-bond acceptors (Lipinski definition) is 7. The summed E-state index contributed by atoms with van der Waals surface area (Å²) in [4.78, 5) is 38.0. The van der Waals surface area contributed by atoms with Crippen LogP contribution in [0.5, 0.6) is 0 Å². The number of carbonyl (C=O) groups is 2. The van der Waals surface area contributed by atoms with Gasteiger partial charge in [0.25, 0.3) is 5.91 Å². The average molecular weight is 641 g/mol. The molecule has 2 N–H and O–H groups in total. The number of carbonyl (C=O) groups excluding carboxylic acids is 2. The second kappa shape index (κ2) is 14.1. The number of aromatic nitrogens is 2. The van der Waals surface area contributed by atoms with Gasteiger partial charge in [0.05, 0.1) is 38.6 Å². The molecule has 0 spiro atoms. The van der Waals surface area contributed by atoms with Crippen LogP contribution in [0.3, 0.4) is 0 Å². The molecule has 47 heavy (non-hydrogen) atoms. The standard InChI is InChI=1S/C36H44N6O5/c1-24-20-42(25(2)22-43)35(44)34-33(29-11-7-8-12-30(29)40(34)4)28-10-6-5-9-26(28)23-47-31(24)21-39(3)36(45)38-27-13-14-37-32(19-27)41-15-17-46-18-16-41/h5-14,19,24-25,31,43H,15-18,20-23H2,1-4H3,(H,37,38,45)/t24-,25+,31-/m1/s1. The van der Waals surface area contributed by atoms with Crippen molar-refractivity contribution in [2.45, 2.75) is 32.6 Å². The summed E-state index contributed by atoms with van der Waals surface area (Å²) in [5, 5.41) is 14.3. The van der Waals surface area contributed by atoms with Crippen LogP contribution in [0, 0.1) is 5.92 Å². The number of amides is 3. The molecule has 11 nitrogen and oxygen atoms in total. The molecule has 11 heteroatoms. The summed E-state index contributed by atoms with van der Waals surface area (Å²) in [7, 11) is 3.67. The van der Waals surface area contributed by atoms with Crippen LogP contribution < -0.4 is 10.2 Å². The number of aryl methyl sites for hydroxylation is 1. The minimum absolute atomic E-state index is 0.151. The second-order valence-corrected chi connectivity index (χ2v) is 12.6. The molecular formula is C36H44N6O5. The number of aliphatic hydroxyl groups excluding tert-OH is 1. The van der Waals surface area contributed by atoms with Gasteiger partial charge in [0, 0.05) is 80.6 Å². The van der Waals surface area contributed by atoms with Gasteiger partial charge < -0.3 is 39.2 Å². The van der Waals surface area contributed by atoms with Crippen molar-refractivity contribution in [3.63, 3.8) is 0 Å². The van der Waals surface area contributed by atoms with E-state index in [2.05, 4.69) is 15.2 Å². The van der Waals surface area contributed by atoms with Gasteiger partial charge in [0.1, 0.15) is 11.5 Å². The molecule has 0 radical (unpaired) electrons. The van der Waals surface area contributed by atoms with Crippen molar-refractivity contribution in [3.8, 4) is 11.1 Å². The van der Waals surface area contributed by atoms with Crippen molar-refractivity contribution in [2.75, 3.05) is 63.3 Å². The molecular weight excluding hydrogens is 596 g/mol. The summed E-state index contributed by atoms with van der Waals surface area (Å²) in [6.45, 7) is 7.44. The van der Waals surface area contributed by atoms with Crippen LogP contribution in [0.1, 0.15) is 29.9 Å². The van der Waals surface area contributed by atoms with Gasteiger partial charge in [-0.1, -0.05) is 49.4 Å². The lowest BCUT2D eigenvalue weighted by Crippen LogP contribution is -2.48. The summed E-state index contributed by atoms with van der Waals surface area (Å²) in [5.41, 5.74) is 4.94. The van der Waals surface area contributed by atoms with E-state index in [0.717, 1.165) is 46.5 Å². The van der Waals surface area contributed by atoms with E-state index in [9.17, 15) is 14.7 Å². The maximum atomic E-state index is 14.6. The summed E-state index contributed by atoms with van der Waals surface area (Å²) in [6, 6.07) is 19.0. The normalized spacial score (nSPS) is 19.5. The van der Waals surface area contributed by atoms with Crippen LogP contribution in [0.4, 0.5) is 16.3 Å². The topological polar surface area (TPSA) is 112 Å². The van der Waals surface area contributed by atoms with E-state index in [1.807, 2.05) is 80.1 Å². The molecule has 0 saturated carbocycles. The quantitative estimate of drug-likeness (QED) is 0.317. The minimum Gasteiger partial charge on any atom is -0.394 e. The maximum absolute atomic E-state index is 14.6. The number of urea groups is 1. The highest BCUT2D eigenvalue weighted by Gasteiger charge is 2.34. The number of morpholine rings is 1. The SMILES string of the molecule is C[C@@H]1CN([C@@H](C)CO)C(=O)c2c(c3ccccc3n2C)-c2ccccc2CO[C@@H]1CN(C)C(=O)Nc1ccnc(N2CCOCC2)c1. The number of benzene rings is 2. The van der Waals surface area contributed by atoms with Crippen LogP contribution in [0.2, 0.25) is 0 Å². The number of rotatable bonds is 6. The number of anilines is 2. The molecule has 1 fully saturated rings. The number of hydrogen-bond donors (Lipinski definition) is 2. The van der Waals surface area contributed by atoms with Crippen molar-refractivity contribution in [1.29, 1.82) is 0 Å². The fraction of sp³-hybridized carbons (Fsp3) is 0.417. The Kier molecular flexibility index (Phi) is 9.76. The van der Waals surface area contributed by atoms with E-state index in [0.29, 0.717) is 44.3 Å². The van der Waals surface area contributed by atoms with Gasteiger partial charge in [0.2, 0.25) is 0 Å². The molecule has 2 aliphatic heterocycles. The number of para-hydroxylation sites is 1. The average Bonchev–Trinajstić information content (AvgIpc) is 3.39. The molecule has 3 atom stereocenters. The van der Waals surface area contributed by atoms with Crippen LogP contribution in [0.25, 0.3) is 22.0 Å². The number of ether oxygens (including phenoxy) is 2. The lowest BCUT2D eigenvalue weighted by Gasteiger charge is -2.35. The lowest BCUT2D eigenvalue weighted by molar-refractivity contribution is -0.0179. The van der Waals surface area contributed by atoms with Crippen molar-refractivity contribution in [3.05, 3.63) is 78.1 Å². The molecule has 4 aromatic rings. The van der Waals surface area contributed by atoms with Gasteiger partial charge in [-0.2, -0.15) is 0 Å². The third kappa shape index (κ3) is 6.69. The van der Waals surface area contributed by atoms with Crippen molar-refractivity contribution in [2.24, 2.45) is 13.0 Å². The van der Waals surface area contributed by atoms with Crippen LogP contribution in [0.15, 0.2) is 66.9 Å². The van der Waals surface area contributed by atoms with E-state index in [1.165, 1.54) is 0 Å². The van der Waals surface area contributed by atoms with E-state index in [4.69, 9.17) is 9.47 Å². The van der Waals surface area contributed by atoms with E-state index in [-0.39, 0.29) is 24.5 Å². The fourth-order valence-corrected chi connectivity index (χ4v) is 6.56. The molecule has 3 amide bonds. The fourth-order valence-electron chi connectivity index (χ4n) is 6.56. The molecule has 2 aromatic heterocycles. The minimum atomic E-state index is -0.430. The Morgan fingerprint density at radius 3 is 2.66 bits per heavy atom. The maximum Gasteiger partial charge on any atom is 0.321 e. The second-order valence-electron chi connectivity index (χ2n) is 12.6. The monoisotopic (exact) mass is 640 g/mol. The molecule has 6 rings (SSSR count). The van der Waals surface area contributed by atoms with Gasteiger partial charge in [-0.25, -0.2) is 9.78 Å². The van der Waals surface area contributed by atoms with Gasteiger partial charge in [-0.3, -0.25) is 4.79 Å². The van der Waals surface area contributed by atoms with Crippen molar-refractivity contribution >= 4 is 34.3 Å². The highest BCUT2D eigenvalue weighted by atomic mass is 16.5. The van der Waals surface area contributed by atoms with Crippen molar-refractivity contribution in [1.82, 2.24) is 19.4 Å². The Morgan fingerprint density at radius 1 is 1.13 bits per heavy atom. The predicted octanol–water partition coefficient (Wildman–Crippen LogP) is 4.60. The first-order valence-corrected chi connectivity index (χ1v) is 16.3. The summed E-state index contributed by atoms with van der Waals surface area (Å²) in [6.07, 6.45) is 1.29. The zero-order valence-electron chi connectivity index (χ0n) is 27.6. The smallest absolute Gasteiger partial charge is 0.321 e. The lowest BCUT2D eigenvalue weighted by atomic mass is 9.96. The van der Waals surface area contributed by atoms with Crippen molar-refractivity contribution < 1.29 is 24.2 Å². The number of nitrogens with one attached hydrogen (secondary N) is 1. The van der Waals surface area contributed by atoms with Gasteiger partial charge in [-0.15, -0.1) is 0 Å². The number of pyridine rings is 1. The molecule has 0 unspecified atom stereocenters. The number of aliphatic hydroxyl groups is 1. The van der Waals surface area contributed by atoms with Crippen LogP contribution in [-0.2, 0) is 23.1 Å². The Bertz CT molecular complexity index is 1730. The molecule has 4 heterocycles. The highest BCUT2D eigenvalue weighted by Crippen LogP contribution is 2.38. The number of nitrogens with zero attached hydrogens (tertiary/aromatic N) is 5. The molecule has 1 saturated heterocycles. The van der Waals surface area contributed by atoms with Gasteiger partial charge in [-0.05, 0) is 30.2 Å². The first kappa shape index (κ1) is 32.5. The molecule has 248 valence electrons.